The fourth-order valence-corrected chi connectivity index (χ4v) is 1.49. The Hall–Kier alpha value is -1.43. The molecule has 0 aromatic carbocycles. The SMILES string of the molecule is O=C(O)CC(C(=O)O)c1cscn1. The summed E-state index contributed by atoms with van der Waals surface area (Å²) in [5.74, 6) is -3.34. The molecule has 0 bridgehead atoms. The van der Waals surface area contributed by atoms with Gasteiger partial charge >= 0.3 is 11.9 Å². The highest BCUT2D eigenvalue weighted by Gasteiger charge is 2.24. The molecule has 13 heavy (non-hydrogen) atoms. The number of hydrogen-bond acceptors (Lipinski definition) is 4. The van der Waals surface area contributed by atoms with Crippen molar-refractivity contribution in [3.8, 4) is 0 Å². The summed E-state index contributed by atoms with van der Waals surface area (Å²) in [5, 5.41) is 18.7. The fraction of sp³-hybridized carbons (Fsp3) is 0.286. The second kappa shape index (κ2) is 3.99. The molecule has 1 aromatic rings. The number of carboxylic acid groups (broad SMARTS) is 2. The molecule has 1 aromatic heterocycles. The minimum absolute atomic E-state index is 0.305. The Labute approximate surface area is 77.7 Å². The first-order valence-electron chi connectivity index (χ1n) is 3.44. The summed E-state index contributed by atoms with van der Waals surface area (Å²) in [4.78, 5) is 24.7. The van der Waals surface area contributed by atoms with E-state index in [1.165, 1.54) is 16.8 Å². The summed E-state index contributed by atoms with van der Waals surface area (Å²) in [6.07, 6.45) is -0.431. The van der Waals surface area contributed by atoms with Gasteiger partial charge in [0.25, 0.3) is 0 Å². The molecular weight excluding hydrogens is 194 g/mol. The molecule has 1 rings (SSSR count). The van der Waals surface area contributed by atoms with Gasteiger partial charge in [-0.25, -0.2) is 4.98 Å². The number of aromatic nitrogens is 1. The van der Waals surface area contributed by atoms with Gasteiger partial charge in [-0.15, -0.1) is 11.3 Å². The summed E-state index contributed by atoms with van der Waals surface area (Å²) in [7, 11) is 0. The van der Waals surface area contributed by atoms with Crippen LogP contribution in [-0.4, -0.2) is 27.1 Å². The van der Waals surface area contributed by atoms with Crippen molar-refractivity contribution in [1.29, 1.82) is 0 Å². The molecule has 0 radical (unpaired) electrons. The standard InChI is InChI=1S/C7H7NO4S/c9-6(10)1-4(7(11)12)5-2-13-3-8-5/h2-4H,1H2,(H,9,10)(H,11,12). The molecule has 0 aliphatic carbocycles. The largest absolute Gasteiger partial charge is 0.481 e. The van der Waals surface area contributed by atoms with Crippen molar-refractivity contribution < 1.29 is 19.8 Å². The first kappa shape index (κ1) is 9.66. The van der Waals surface area contributed by atoms with Crippen LogP contribution in [0.3, 0.4) is 0 Å². The fourth-order valence-electron chi connectivity index (χ4n) is 0.887. The molecule has 0 fully saturated rings. The van der Waals surface area contributed by atoms with Crippen LogP contribution < -0.4 is 0 Å². The van der Waals surface area contributed by atoms with E-state index in [9.17, 15) is 9.59 Å². The first-order chi connectivity index (χ1) is 6.11. The van der Waals surface area contributed by atoms with Crippen LogP contribution in [0.4, 0.5) is 0 Å². The van der Waals surface area contributed by atoms with Gasteiger partial charge in [0.15, 0.2) is 0 Å². The zero-order valence-electron chi connectivity index (χ0n) is 6.51. The molecule has 1 unspecified atom stereocenters. The quantitative estimate of drug-likeness (QED) is 0.751. The van der Waals surface area contributed by atoms with Gasteiger partial charge in [-0.2, -0.15) is 0 Å². The molecule has 70 valence electrons. The molecule has 0 aliphatic heterocycles. The average molecular weight is 201 g/mol. The van der Waals surface area contributed by atoms with Crippen LogP contribution in [0.25, 0.3) is 0 Å². The van der Waals surface area contributed by atoms with Gasteiger partial charge in [0.2, 0.25) is 0 Å². The normalized spacial score (nSPS) is 12.3. The van der Waals surface area contributed by atoms with E-state index in [0.29, 0.717) is 5.69 Å². The highest BCUT2D eigenvalue weighted by molar-refractivity contribution is 7.07. The molecule has 1 heterocycles. The summed E-state index contributed by atoms with van der Waals surface area (Å²) < 4.78 is 0. The van der Waals surface area contributed by atoms with Gasteiger partial charge < -0.3 is 10.2 Å². The molecule has 0 saturated carbocycles. The lowest BCUT2D eigenvalue weighted by molar-refractivity contribution is -0.145. The second-order valence-electron chi connectivity index (χ2n) is 2.40. The molecule has 0 aliphatic rings. The second-order valence-corrected chi connectivity index (χ2v) is 3.12. The van der Waals surface area contributed by atoms with Crippen molar-refractivity contribution in [1.82, 2.24) is 4.98 Å². The van der Waals surface area contributed by atoms with E-state index < -0.39 is 24.3 Å². The first-order valence-corrected chi connectivity index (χ1v) is 4.38. The maximum absolute atomic E-state index is 10.6. The van der Waals surface area contributed by atoms with Gasteiger partial charge in [0, 0.05) is 5.38 Å². The number of carboxylic acids is 2. The van der Waals surface area contributed by atoms with Crippen molar-refractivity contribution in [2.24, 2.45) is 0 Å². The van der Waals surface area contributed by atoms with Crippen LogP contribution >= 0.6 is 11.3 Å². The highest BCUT2D eigenvalue weighted by atomic mass is 32.1. The van der Waals surface area contributed by atoms with Crippen molar-refractivity contribution in [3.05, 3.63) is 16.6 Å². The molecule has 1 atom stereocenters. The van der Waals surface area contributed by atoms with Crippen molar-refractivity contribution in [2.45, 2.75) is 12.3 Å². The maximum Gasteiger partial charge on any atom is 0.313 e. The third kappa shape index (κ3) is 2.51. The van der Waals surface area contributed by atoms with E-state index in [1.807, 2.05) is 0 Å². The van der Waals surface area contributed by atoms with E-state index in [-0.39, 0.29) is 0 Å². The summed E-state index contributed by atoms with van der Waals surface area (Å²) >= 11 is 1.25. The van der Waals surface area contributed by atoms with Crippen LogP contribution in [-0.2, 0) is 9.59 Å². The Morgan fingerprint density at radius 2 is 2.23 bits per heavy atom. The molecular formula is C7H7NO4S. The zero-order chi connectivity index (χ0) is 9.84. The minimum Gasteiger partial charge on any atom is -0.481 e. The van der Waals surface area contributed by atoms with Gasteiger partial charge in [-0.3, -0.25) is 9.59 Å². The van der Waals surface area contributed by atoms with Gasteiger partial charge in [0.05, 0.1) is 17.6 Å². The Bertz CT molecular complexity index is 308. The predicted octanol–water partition coefficient (Wildman–Crippen LogP) is 0.786. The van der Waals surface area contributed by atoms with E-state index in [1.54, 1.807) is 5.38 Å². The third-order valence-corrected chi connectivity index (χ3v) is 2.09. The topological polar surface area (TPSA) is 87.5 Å². The van der Waals surface area contributed by atoms with E-state index >= 15 is 0 Å². The molecule has 0 spiro atoms. The Kier molecular flexibility index (Phi) is 2.97. The minimum atomic E-state index is -1.16. The van der Waals surface area contributed by atoms with E-state index in [0.717, 1.165) is 0 Å². The van der Waals surface area contributed by atoms with E-state index in [2.05, 4.69) is 4.98 Å². The van der Waals surface area contributed by atoms with Crippen LogP contribution in [0.5, 0.6) is 0 Å². The molecule has 0 saturated heterocycles. The summed E-state index contributed by atoms with van der Waals surface area (Å²) in [5.41, 5.74) is 1.78. The number of aliphatic carboxylic acids is 2. The summed E-state index contributed by atoms with van der Waals surface area (Å²) in [6.45, 7) is 0. The number of nitrogens with zero attached hydrogens (tertiary/aromatic N) is 1. The Morgan fingerprint density at radius 1 is 1.54 bits per heavy atom. The number of rotatable bonds is 4. The van der Waals surface area contributed by atoms with Crippen molar-refractivity contribution in [3.63, 3.8) is 0 Å². The molecule has 0 amide bonds. The third-order valence-electron chi connectivity index (χ3n) is 1.49. The lowest BCUT2D eigenvalue weighted by Gasteiger charge is -2.05. The number of thiazole rings is 1. The molecule has 2 N–H and O–H groups in total. The van der Waals surface area contributed by atoms with Crippen molar-refractivity contribution in [2.75, 3.05) is 0 Å². The highest BCUT2D eigenvalue weighted by Crippen LogP contribution is 2.19. The number of hydrogen-bond donors (Lipinski definition) is 2. The molecule has 6 heteroatoms. The van der Waals surface area contributed by atoms with Gasteiger partial charge in [-0.05, 0) is 0 Å². The van der Waals surface area contributed by atoms with Crippen LogP contribution in [0.15, 0.2) is 10.9 Å². The van der Waals surface area contributed by atoms with Gasteiger partial charge in [0.1, 0.15) is 5.92 Å². The van der Waals surface area contributed by atoms with E-state index in [4.69, 9.17) is 10.2 Å². The smallest absolute Gasteiger partial charge is 0.313 e. The van der Waals surface area contributed by atoms with Crippen LogP contribution in [0.1, 0.15) is 18.0 Å². The summed E-state index contributed by atoms with van der Waals surface area (Å²) in [6, 6.07) is 0. The Morgan fingerprint density at radius 3 is 2.62 bits per heavy atom. The van der Waals surface area contributed by atoms with Crippen LogP contribution in [0, 0.1) is 0 Å². The van der Waals surface area contributed by atoms with Gasteiger partial charge in [-0.1, -0.05) is 0 Å². The zero-order valence-corrected chi connectivity index (χ0v) is 7.32. The number of carbonyl (C=O) groups is 2. The lowest BCUT2D eigenvalue weighted by atomic mass is 10.0. The molecule has 5 nitrogen and oxygen atoms in total. The average Bonchev–Trinajstić information content (AvgIpc) is 2.50. The monoisotopic (exact) mass is 201 g/mol. The van der Waals surface area contributed by atoms with Crippen molar-refractivity contribution >= 4 is 23.3 Å². The predicted molar refractivity (Wildman–Crippen MR) is 44.7 cm³/mol. The Balaban J connectivity index is 2.81. The lowest BCUT2D eigenvalue weighted by Crippen LogP contribution is -2.16. The maximum atomic E-state index is 10.6. The van der Waals surface area contributed by atoms with Crippen LogP contribution in [0.2, 0.25) is 0 Å².